The van der Waals surface area contributed by atoms with Crippen LogP contribution in [0, 0.1) is 6.92 Å². The summed E-state index contributed by atoms with van der Waals surface area (Å²) >= 11 is 0. The highest BCUT2D eigenvalue weighted by molar-refractivity contribution is 5.26. The third-order valence-electron chi connectivity index (χ3n) is 2.66. The zero-order valence-electron chi connectivity index (χ0n) is 9.23. The molecule has 1 fully saturated rings. The SMILES string of the molecule is Cc1cnc(NC(C)C2CCCO2)nc1. The molecule has 15 heavy (non-hydrogen) atoms. The third kappa shape index (κ3) is 2.65. The van der Waals surface area contributed by atoms with E-state index in [9.17, 15) is 0 Å². The molecule has 0 aromatic carbocycles. The largest absolute Gasteiger partial charge is 0.376 e. The van der Waals surface area contributed by atoms with E-state index >= 15 is 0 Å². The van der Waals surface area contributed by atoms with E-state index < -0.39 is 0 Å². The zero-order chi connectivity index (χ0) is 10.7. The molecule has 0 aliphatic carbocycles. The van der Waals surface area contributed by atoms with Gasteiger partial charge in [-0.15, -0.1) is 0 Å². The van der Waals surface area contributed by atoms with Crippen LogP contribution in [0.1, 0.15) is 25.3 Å². The van der Waals surface area contributed by atoms with Crippen LogP contribution in [-0.4, -0.2) is 28.7 Å². The van der Waals surface area contributed by atoms with Gasteiger partial charge in [0.1, 0.15) is 0 Å². The number of anilines is 1. The molecular weight excluding hydrogens is 190 g/mol. The fraction of sp³-hybridized carbons (Fsp3) is 0.636. The predicted molar refractivity (Wildman–Crippen MR) is 58.8 cm³/mol. The van der Waals surface area contributed by atoms with Gasteiger partial charge in [0.2, 0.25) is 5.95 Å². The predicted octanol–water partition coefficient (Wildman–Crippen LogP) is 1.76. The summed E-state index contributed by atoms with van der Waals surface area (Å²) in [7, 11) is 0. The van der Waals surface area contributed by atoms with Crippen molar-refractivity contribution in [1.29, 1.82) is 0 Å². The van der Waals surface area contributed by atoms with Gasteiger partial charge in [-0.1, -0.05) is 0 Å². The van der Waals surface area contributed by atoms with Gasteiger partial charge in [0.05, 0.1) is 12.1 Å². The molecule has 2 rings (SSSR count). The lowest BCUT2D eigenvalue weighted by molar-refractivity contribution is 0.0994. The van der Waals surface area contributed by atoms with Gasteiger partial charge < -0.3 is 10.1 Å². The van der Waals surface area contributed by atoms with Crippen LogP contribution in [0.2, 0.25) is 0 Å². The van der Waals surface area contributed by atoms with Gasteiger partial charge in [0.25, 0.3) is 0 Å². The van der Waals surface area contributed by atoms with Gasteiger partial charge in [0.15, 0.2) is 0 Å². The molecule has 1 N–H and O–H groups in total. The van der Waals surface area contributed by atoms with E-state index in [0.717, 1.165) is 25.0 Å². The maximum Gasteiger partial charge on any atom is 0.222 e. The second-order valence-electron chi connectivity index (χ2n) is 4.07. The molecule has 1 aliphatic rings. The van der Waals surface area contributed by atoms with E-state index in [2.05, 4.69) is 22.2 Å². The average Bonchev–Trinajstić information content (AvgIpc) is 2.74. The Kier molecular flexibility index (Phi) is 3.16. The lowest BCUT2D eigenvalue weighted by atomic mass is 10.1. The molecule has 0 radical (unpaired) electrons. The average molecular weight is 207 g/mol. The van der Waals surface area contributed by atoms with Crippen molar-refractivity contribution in [3.63, 3.8) is 0 Å². The number of nitrogens with one attached hydrogen (secondary N) is 1. The summed E-state index contributed by atoms with van der Waals surface area (Å²) in [6, 6.07) is 0.273. The van der Waals surface area contributed by atoms with Crippen molar-refractivity contribution in [2.75, 3.05) is 11.9 Å². The van der Waals surface area contributed by atoms with E-state index in [4.69, 9.17) is 4.74 Å². The number of nitrogens with zero attached hydrogens (tertiary/aromatic N) is 2. The molecular formula is C11H17N3O. The molecule has 1 aromatic rings. The van der Waals surface area contributed by atoms with Gasteiger partial charge in [0, 0.05) is 19.0 Å². The normalized spacial score (nSPS) is 22.7. The number of aromatic nitrogens is 2. The first-order valence-corrected chi connectivity index (χ1v) is 5.42. The van der Waals surface area contributed by atoms with E-state index in [1.165, 1.54) is 0 Å². The fourth-order valence-corrected chi connectivity index (χ4v) is 1.76. The van der Waals surface area contributed by atoms with Gasteiger partial charge in [-0.25, -0.2) is 9.97 Å². The Hall–Kier alpha value is -1.16. The van der Waals surface area contributed by atoms with Crippen molar-refractivity contribution in [3.8, 4) is 0 Å². The molecule has 1 saturated heterocycles. The van der Waals surface area contributed by atoms with Crippen LogP contribution >= 0.6 is 0 Å². The summed E-state index contributed by atoms with van der Waals surface area (Å²) in [5, 5.41) is 3.26. The van der Waals surface area contributed by atoms with Crippen LogP contribution in [0.15, 0.2) is 12.4 Å². The maximum atomic E-state index is 5.59. The van der Waals surface area contributed by atoms with Crippen molar-refractivity contribution in [2.45, 2.75) is 38.8 Å². The standard InChI is InChI=1S/C11H17N3O/c1-8-6-12-11(13-7-8)14-9(2)10-4-3-5-15-10/h6-7,9-10H,3-5H2,1-2H3,(H,12,13,14). The molecule has 1 aromatic heterocycles. The first-order valence-electron chi connectivity index (χ1n) is 5.42. The quantitative estimate of drug-likeness (QED) is 0.820. The molecule has 0 amide bonds. The van der Waals surface area contributed by atoms with Crippen molar-refractivity contribution in [1.82, 2.24) is 9.97 Å². The van der Waals surface area contributed by atoms with Crippen molar-refractivity contribution in [3.05, 3.63) is 18.0 Å². The highest BCUT2D eigenvalue weighted by atomic mass is 16.5. The lowest BCUT2D eigenvalue weighted by Gasteiger charge is -2.19. The minimum atomic E-state index is 0.273. The van der Waals surface area contributed by atoms with Crippen LogP contribution < -0.4 is 5.32 Å². The molecule has 0 saturated carbocycles. The van der Waals surface area contributed by atoms with E-state index in [-0.39, 0.29) is 6.04 Å². The summed E-state index contributed by atoms with van der Waals surface area (Å²) in [5.41, 5.74) is 1.07. The Labute approximate surface area is 90.1 Å². The number of hydrogen-bond donors (Lipinski definition) is 1. The molecule has 4 nitrogen and oxygen atoms in total. The van der Waals surface area contributed by atoms with E-state index in [1.807, 2.05) is 19.3 Å². The highest BCUT2D eigenvalue weighted by Gasteiger charge is 2.22. The number of ether oxygens (including phenoxy) is 1. The smallest absolute Gasteiger partial charge is 0.222 e. The molecule has 0 spiro atoms. The van der Waals surface area contributed by atoms with Crippen LogP contribution in [-0.2, 0) is 4.74 Å². The minimum absolute atomic E-state index is 0.273. The van der Waals surface area contributed by atoms with E-state index in [0.29, 0.717) is 12.1 Å². The van der Waals surface area contributed by atoms with Gasteiger partial charge in [-0.05, 0) is 32.3 Å². The molecule has 2 heterocycles. The van der Waals surface area contributed by atoms with Crippen LogP contribution in [0.3, 0.4) is 0 Å². The van der Waals surface area contributed by atoms with E-state index in [1.54, 1.807) is 0 Å². The Bertz CT molecular complexity index is 306. The van der Waals surface area contributed by atoms with Gasteiger partial charge in [-0.3, -0.25) is 0 Å². The van der Waals surface area contributed by atoms with Gasteiger partial charge in [-0.2, -0.15) is 0 Å². The lowest BCUT2D eigenvalue weighted by Crippen LogP contribution is -2.30. The molecule has 82 valence electrons. The first-order chi connectivity index (χ1) is 7.25. The van der Waals surface area contributed by atoms with Gasteiger partial charge >= 0.3 is 0 Å². The molecule has 4 heteroatoms. The van der Waals surface area contributed by atoms with Crippen LogP contribution in [0.25, 0.3) is 0 Å². The minimum Gasteiger partial charge on any atom is -0.376 e. The monoisotopic (exact) mass is 207 g/mol. The number of rotatable bonds is 3. The van der Waals surface area contributed by atoms with Crippen molar-refractivity contribution in [2.24, 2.45) is 0 Å². The Morgan fingerprint density at radius 2 is 2.20 bits per heavy atom. The zero-order valence-corrected chi connectivity index (χ0v) is 9.23. The second kappa shape index (κ2) is 4.57. The summed E-state index contributed by atoms with van der Waals surface area (Å²) < 4.78 is 5.59. The summed E-state index contributed by atoms with van der Waals surface area (Å²) in [4.78, 5) is 8.42. The summed E-state index contributed by atoms with van der Waals surface area (Å²) in [6.45, 7) is 4.97. The number of hydrogen-bond acceptors (Lipinski definition) is 4. The molecule has 1 aliphatic heterocycles. The molecule has 0 bridgehead atoms. The maximum absolute atomic E-state index is 5.59. The Morgan fingerprint density at radius 1 is 1.47 bits per heavy atom. The Balaban J connectivity index is 1.92. The summed E-state index contributed by atoms with van der Waals surface area (Å²) in [6.07, 6.45) is 6.22. The highest BCUT2D eigenvalue weighted by Crippen LogP contribution is 2.17. The third-order valence-corrected chi connectivity index (χ3v) is 2.66. The van der Waals surface area contributed by atoms with Crippen LogP contribution in [0.5, 0.6) is 0 Å². The first kappa shape index (κ1) is 10.4. The topological polar surface area (TPSA) is 47.0 Å². The molecule has 2 unspecified atom stereocenters. The number of aryl methyl sites for hydroxylation is 1. The van der Waals surface area contributed by atoms with Crippen LogP contribution in [0.4, 0.5) is 5.95 Å². The second-order valence-corrected chi connectivity index (χ2v) is 4.07. The summed E-state index contributed by atoms with van der Waals surface area (Å²) in [5.74, 6) is 0.684. The van der Waals surface area contributed by atoms with Crippen molar-refractivity contribution >= 4 is 5.95 Å². The fourth-order valence-electron chi connectivity index (χ4n) is 1.76. The molecule has 2 atom stereocenters. The Morgan fingerprint density at radius 3 is 2.80 bits per heavy atom. The van der Waals surface area contributed by atoms with Crippen molar-refractivity contribution < 1.29 is 4.74 Å².